The molecule has 18 heavy (non-hydrogen) atoms. The van der Waals surface area contributed by atoms with Gasteiger partial charge in [0.05, 0.1) is 5.69 Å². The minimum Gasteiger partial charge on any atom is -0.316 e. The van der Waals surface area contributed by atoms with E-state index in [-0.39, 0.29) is 0 Å². The third-order valence-electron chi connectivity index (χ3n) is 3.09. The van der Waals surface area contributed by atoms with Gasteiger partial charge in [-0.3, -0.25) is 5.10 Å². The van der Waals surface area contributed by atoms with E-state index in [0.29, 0.717) is 0 Å². The van der Waals surface area contributed by atoms with Crippen molar-refractivity contribution >= 4 is 0 Å². The standard InChI is InChI=1S/C14H28N4/c1-11(2)10-16-8-5-7-15-9-6-14-12(3)17-18-13(14)4/h11,15-16H,5-10H2,1-4H3,(H,17,18). The Kier molecular flexibility index (Phi) is 6.98. The van der Waals surface area contributed by atoms with E-state index in [1.165, 1.54) is 17.7 Å². The highest BCUT2D eigenvalue weighted by atomic mass is 15.1. The summed E-state index contributed by atoms with van der Waals surface area (Å²) < 4.78 is 0. The van der Waals surface area contributed by atoms with Crippen molar-refractivity contribution in [3.8, 4) is 0 Å². The lowest BCUT2D eigenvalue weighted by Gasteiger charge is -2.08. The van der Waals surface area contributed by atoms with Crippen LogP contribution in [0.1, 0.15) is 37.2 Å². The van der Waals surface area contributed by atoms with Crippen molar-refractivity contribution in [3.63, 3.8) is 0 Å². The number of aromatic amines is 1. The van der Waals surface area contributed by atoms with E-state index in [9.17, 15) is 0 Å². The van der Waals surface area contributed by atoms with Crippen LogP contribution in [0.5, 0.6) is 0 Å². The summed E-state index contributed by atoms with van der Waals surface area (Å²) in [4.78, 5) is 0. The number of nitrogens with one attached hydrogen (secondary N) is 3. The second-order valence-corrected chi connectivity index (χ2v) is 5.36. The van der Waals surface area contributed by atoms with E-state index in [0.717, 1.165) is 44.2 Å². The number of hydrogen-bond acceptors (Lipinski definition) is 3. The van der Waals surface area contributed by atoms with Gasteiger partial charge in [-0.2, -0.15) is 5.10 Å². The zero-order chi connectivity index (χ0) is 13.4. The fraction of sp³-hybridized carbons (Fsp3) is 0.786. The first-order chi connectivity index (χ1) is 8.61. The van der Waals surface area contributed by atoms with E-state index in [4.69, 9.17) is 0 Å². The van der Waals surface area contributed by atoms with Crippen LogP contribution in [0.4, 0.5) is 0 Å². The predicted molar refractivity (Wildman–Crippen MR) is 77.0 cm³/mol. The van der Waals surface area contributed by atoms with Crippen LogP contribution in [0.3, 0.4) is 0 Å². The summed E-state index contributed by atoms with van der Waals surface area (Å²) in [5.41, 5.74) is 3.70. The average Bonchev–Trinajstić information content (AvgIpc) is 2.63. The average molecular weight is 252 g/mol. The lowest BCUT2D eigenvalue weighted by Crippen LogP contribution is -2.25. The molecule has 0 fully saturated rings. The number of nitrogens with zero attached hydrogens (tertiary/aromatic N) is 1. The van der Waals surface area contributed by atoms with Crippen LogP contribution in [0.15, 0.2) is 0 Å². The van der Waals surface area contributed by atoms with Gasteiger partial charge in [0.1, 0.15) is 0 Å². The van der Waals surface area contributed by atoms with Gasteiger partial charge in [0.25, 0.3) is 0 Å². The molecule has 0 unspecified atom stereocenters. The molecule has 0 aliphatic rings. The van der Waals surface area contributed by atoms with E-state index in [1.54, 1.807) is 0 Å². The van der Waals surface area contributed by atoms with Gasteiger partial charge < -0.3 is 10.6 Å². The first-order valence-electron chi connectivity index (χ1n) is 7.03. The van der Waals surface area contributed by atoms with Crippen LogP contribution < -0.4 is 10.6 Å². The molecule has 0 amide bonds. The molecule has 4 heteroatoms. The van der Waals surface area contributed by atoms with Crippen molar-refractivity contribution in [2.45, 2.75) is 40.5 Å². The van der Waals surface area contributed by atoms with Gasteiger partial charge in [-0.15, -0.1) is 0 Å². The second-order valence-electron chi connectivity index (χ2n) is 5.36. The fourth-order valence-electron chi connectivity index (χ4n) is 2.01. The van der Waals surface area contributed by atoms with Gasteiger partial charge in [0.2, 0.25) is 0 Å². The van der Waals surface area contributed by atoms with E-state index in [2.05, 4.69) is 48.5 Å². The summed E-state index contributed by atoms with van der Waals surface area (Å²) in [6, 6.07) is 0. The smallest absolute Gasteiger partial charge is 0.0626 e. The van der Waals surface area contributed by atoms with Gasteiger partial charge in [0.15, 0.2) is 0 Å². The van der Waals surface area contributed by atoms with Crippen molar-refractivity contribution in [1.82, 2.24) is 20.8 Å². The lowest BCUT2D eigenvalue weighted by atomic mass is 10.1. The van der Waals surface area contributed by atoms with Crippen LogP contribution in [-0.4, -0.2) is 36.4 Å². The molecule has 0 spiro atoms. The highest BCUT2D eigenvalue weighted by Gasteiger charge is 2.04. The number of aryl methyl sites for hydroxylation is 2. The molecule has 0 saturated carbocycles. The maximum atomic E-state index is 4.21. The molecule has 1 rings (SSSR count). The minimum absolute atomic E-state index is 0.741. The van der Waals surface area contributed by atoms with Gasteiger partial charge in [0, 0.05) is 5.69 Å². The molecule has 1 heterocycles. The van der Waals surface area contributed by atoms with Crippen LogP contribution >= 0.6 is 0 Å². The van der Waals surface area contributed by atoms with Crippen LogP contribution in [-0.2, 0) is 6.42 Å². The Balaban J connectivity index is 1.99. The summed E-state index contributed by atoms with van der Waals surface area (Å²) >= 11 is 0. The molecule has 104 valence electrons. The Bertz CT molecular complexity index is 311. The lowest BCUT2D eigenvalue weighted by molar-refractivity contribution is 0.531. The molecule has 0 aliphatic carbocycles. The molecule has 0 bridgehead atoms. The molecule has 4 nitrogen and oxygen atoms in total. The Morgan fingerprint density at radius 2 is 1.83 bits per heavy atom. The second kappa shape index (κ2) is 8.27. The highest BCUT2D eigenvalue weighted by molar-refractivity contribution is 5.23. The molecule has 0 radical (unpaired) electrons. The van der Waals surface area contributed by atoms with Gasteiger partial charge >= 0.3 is 0 Å². The highest BCUT2D eigenvalue weighted by Crippen LogP contribution is 2.08. The first kappa shape index (κ1) is 15.2. The quantitative estimate of drug-likeness (QED) is 0.587. The molecule has 0 aromatic carbocycles. The van der Waals surface area contributed by atoms with Crippen molar-refractivity contribution in [2.24, 2.45) is 5.92 Å². The topological polar surface area (TPSA) is 52.7 Å². The third kappa shape index (κ3) is 5.65. The van der Waals surface area contributed by atoms with Gasteiger partial charge in [-0.25, -0.2) is 0 Å². The van der Waals surface area contributed by atoms with Crippen molar-refractivity contribution in [2.75, 3.05) is 26.2 Å². The van der Waals surface area contributed by atoms with Gasteiger partial charge in [-0.1, -0.05) is 13.8 Å². The summed E-state index contributed by atoms with van der Waals surface area (Å²) in [5, 5.41) is 14.2. The zero-order valence-electron chi connectivity index (χ0n) is 12.3. The summed E-state index contributed by atoms with van der Waals surface area (Å²) in [5.74, 6) is 0.741. The molecule has 3 N–H and O–H groups in total. The number of H-pyrrole nitrogens is 1. The molecule has 0 atom stereocenters. The van der Waals surface area contributed by atoms with Crippen LogP contribution in [0.25, 0.3) is 0 Å². The molecular weight excluding hydrogens is 224 g/mol. The van der Waals surface area contributed by atoms with Gasteiger partial charge in [-0.05, 0) is 64.3 Å². The van der Waals surface area contributed by atoms with Crippen molar-refractivity contribution in [3.05, 3.63) is 17.0 Å². The predicted octanol–water partition coefficient (Wildman–Crippen LogP) is 1.79. The summed E-state index contributed by atoms with van der Waals surface area (Å²) in [7, 11) is 0. The molecule has 0 saturated heterocycles. The fourth-order valence-corrected chi connectivity index (χ4v) is 2.01. The van der Waals surface area contributed by atoms with Crippen molar-refractivity contribution in [1.29, 1.82) is 0 Å². The van der Waals surface area contributed by atoms with E-state index < -0.39 is 0 Å². The molecular formula is C14H28N4. The van der Waals surface area contributed by atoms with Crippen LogP contribution in [0.2, 0.25) is 0 Å². The third-order valence-corrected chi connectivity index (χ3v) is 3.09. The van der Waals surface area contributed by atoms with E-state index >= 15 is 0 Å². The maximum Gasteiger partial charge on any atom is 0.0626 e. The molecule has 1 aromatic heterocycles. The Labute approximate surface area is 111 Å². The maximum absolute atomic E-state index is 4.21. The van der Waals surface area contributed by atoms with E-state index in [1.807, 2.05) is 0 Å². The number of rotatable bonds is 9. The Morgan fingerprint density at radius 1 is 1.11 bits per heavy atom. The normalized spacial score (nSPS) is 11.4. The number of hydrogen-bond donors (Lipinski definition) is 3. The monoisotopic (exact) mass is 252 g/mol. The Morgan fingerprint density at radius 3 is 2.44 bits per heavy atom. The zero-order valence-corrected chi connectivity index (χ0v) is 12.3. The number of aromatic nitrogens is 2. The summed E-state index contributed by atoms with van der Waals surface area (Å²) in [6.07, 6.45) is 2.25. The SMILES string of the molecule is Cc1n[nH]c(C)c1CCNCCCNCC(C)C. The first-order valence-corrected chi connectivity index (χ1v) is 7.03. The minimum atomic E-state index is 0.741. The molecule has 1 aromatic rings. The molecule has 0 aliphatic heterocycles. The van der Waals surface area contributed by atoms with Crippen molar-refractivity contribution < 1.29 is 0 Å². The Hall–Kier alpha value is -0.870. The van der Waals surface area contributed by atoms with Crippen LogP contribution in [0, 0.1) is 19.8 Å². The largest absolute Gasteiger partial charge is 0.316 e. The summed E-state index contributed by atoms with van der Waals surface area (Å²) in [6.45, 7) is 13.0.